The van der Waals surface area contributed by atoms with E-state index in [4.69, 9.17) is 24.3 Å². The van der Waals surface area contributed by atoms with Crippen LogP contribution in [-0.4, -0.2) is 67.3 Å². The van der Waals surface area contributed by atoms with Crippen LogP contribution in [0, 0.1) is 17.2 Å². The maximum absolute atomic E-state index is 14.1. The van der Waals surface area contributed by atoms with Gasteiger partial charge >= 0.3 is 13.7 Å². The van der Waals surface area contributed by atoms with Crippen molar-refractivity contribution < 1.29 is 38.1 Å². The summed E-state index contributed by atoms with van der Waals surface area (Å²) >= 11 is 0. The number of aliphatic hydroxyl groups excluding tert-OH is 2. The Morgan fingerprint density at radius 1 is 1.26 bits per heavy atom. The molecule has 1 saturated carbocycles. The fourth-order valence-corrected chi connectivity index (χ4v) is 7.00. The lowest BCUT2D eigenvalue weighted by atomic mass is 9.92. The van der Waals surface area contributed by atoms with E-state index in [9.17, 15) is 24.8 Å². The molecule has 0 amide bonds. The van der Waals surface area contributed by atoms with Gasteiger partial charge in [-0.2, -0.15) is 15.4 Å². The third kappa shape index (κ3) is 5.60. The molecule has 2 aromatic heterocycles. The van der Waals surface area contributed by atoms with Gasteiger partial charge in [0.15, 0.2) is 5.82 Å². The van der Waals surface area contributed by atoms with Crippen LogP contribution in [0.2, 0.25) is 0 Å². The Morgan fingerprint density at radius 3 is 2.65 bits per heavy atom. The molecule has 2 aliphatic rings. The molecule has 1 aliphatic heterocycles. The topological polar surface area (TPSA) is 204 Å². The van der Waals surface area contributed by atoms with Crippen LogP contribution in [0.1, 0.15) is 45.7 Å². The number of rotatable bonds is 12. The molecular weight excluding hydrogens is 579 g/mol. The molecule has 0 radical (unpaired) electrons. The molecule has 2 fully saturated rings. The van der Waals surface area contributed by atoms with E-state index in [2.05, 4.69) is 15.2 Å². The molecule has 43 heavy (non-hydrogen) atoms. The lowest BCUT2D eigenvalue weighted by Gasteiger charge is -2.25. The van der Waals surface area contributed by atoms with Crippen molar-refractivity contribution in [1.29, 1.82) is 5.26 Å². The molecule has 230 valence electrons. The molecule has 7 atom stereocenters. The number of anilines is 1. The molecule has 0 bridgehead atoms. The molecule has 14 nitrogen and oxygen atoms in total. The molecular formula is C28H35N6O8P. The molecule has 5 N–H and O–H groups in total. The molecule has 3 heterocycles. The molecule has 3 aromatic rings. The van der Waals surface area contributed by atoms with Crippen molar-refractivity contribution in [2.45, 2.75) is 75.6 Å². The highest BCUT2D eigenvalue weighted by molar-refractivity contribution is 7.52. The number of nitrogens with zero attached hydrogens (tertiary/aromatic N) is 4. The van der Waals surface area contributed by atoms with Gasteiger partial charge in [0.1, 0.15) is 53.6 Å². The van der Waals surface area contributed by atoms with Crippen molar-refractivity contribution in [2.75, 3.05) is 12.3 Å². The minimum Gasteiger partial charge on any atom is -0.464 e. The van der Waals surface area contributed by atoms with Crippen LogP contribution in [0.15, 0.2) is 48.8 Å². The number of fused-ring (bicyclic) bond motifs is 1. The summed E-state index contributed by atoms with van der Waals surface area (Å²) in [7, 11) is -4.34. The van der Waals surface area contributed by atoms with Crippen LogP contribution in [0.25, 0.3) is 5.52 Å². The van der Waals surface area contributed by atoms with Gasteiger partial charge in [0.25, 0.3) is 0 Å². The highest BCUT2D eigenvalue weighted by atomic mass is 31.2. The normalized spacial score (nSPS) is 28.4. The largest absolute Gasteiger partial charge is 0.464 e. The molecule has 5 rings (SSSR count). The number of aromatic nitrogens is 3. The summed E-state index contributed by atoms with van der Waals surface area (Å²) in [5.74, 6) is -0.112. The minimum absolute atomic E-state index is 0.0353. The lowest BCUT2D eigenvalue weighted by molar-refractivity contribution is -0.146. The van der Waals surface area contributed by atoms with Crippen LogP contribution < -0.4 is 15.3 Å². The maximum atomic E-state index is 14.1. The number of hydrogen-bond donors (Lipinski definition) is 4. The number of aliphatic hydroxyl groups is 2. The molecule has 1 saturated heterocycles. The molecule has 15 heteroatoms. The Hall–Kier alpha value is -3.57. The summed E-state index contributed by atoms with van der Waals surface area (Å²) in [6.45, 7) is 5.70. The van der Waals surface area contributed by atoms with E-state index in [1.165, 1.54) is 23.8 Å². The zero-order valence-electron chi connectivity index (χ0n) is 24.0. The predicted octanol–water partition coefficient (Wildman–Crippen LogP) is 2.45. The van der Waals surface area contributed by atoms with Gasteiger partial charge in [-0.05, 0) is 37.1 Å². The lowest BCUT2D eigenvalue weighted by Crippen LogP contribution is -2.41. The highest BCUT2D eigenvalue weighted by Gasteiger charge is 2.76. The zero-order valence-corrected chi connectivity index (χ0v) is 24.9. The van der Waals surface area contributed by atoms with Crippen LogP contribution in [0.5, 0.6) is 5.75 Å². The summed E-state index contributed by atoms with van der Waals surface area (Å²) in [6.07, 6.45) is -1.61. The van der Waals surface area contributed by atoms with Crippen LogP contribution in [-0.2, 0) is 29.0 Å². The molecule has 1 aromatic carbocycles. The van der Waals surface area contributed by atoms with Gasteiger partial charge in [0, 0.05) is 6.42 Å². The van der Waals surface area contributed by atoms with Crippen molar-refractivity contribution in [1.82, 2.24) is 19.7 Å². The Bertz CT molecular complexity index is 1560. The van der Waals surface area contributed by atoms with E-state index in [0.717, 1.165) is 12.8 Å². The third-order valence-corrected chi connectivity index (χ3v) is 9.73. The number of ether oxygens (including phenoxy) is 2. The monoisotopic (exact) mass is 614 g/mol. The van der Waals surface area contributed by atoms with Gasteiger partial charge < -0.3 is 29.9 Å². The Kier molecular flexibility index (Phi) is 8.50. The van der Waals surface area contributed by atoms with Gasteiger partial charge in [0.05, 0.1) is 12.3 Å². The number of nitrogen functional groups attached to an aromatic ring is 1. The SMILES string of the molecule is CCC(CC)COC(=O)[C@H](C)N[P@@](=O)(Oc1ccccc1)O[C@H]1C[C@]12O[C@@](C#N)(c1ccc3c(N)ncnn13)[C@H](O)[C@@H]2O. The quantitative estimate of drug-likeness (QED) is 0.171. The number of benzene rings is 1. The van der Waals surface area contributed by atoms with Crippen LogP contribution in [0.3, 0.4) is 0 Å². The average molecular weight is 615 g/mol. The summed E-state index contributed by atoms with van der Waals surface area (Å²) in [5.41, 5.74) is 2.73. The maximum Gasteiger partial charge on any atom is 0.459 e. The zero-order chi connectivity index (χ0) is 31.0. The molecule has 0 unspecified atom stereocenters. The third-order valence-electron chi connectivity index (χ3n) is 8.04. The number of hydrogen-bond acceptors (Lipinski definition) is 12. The second-order valence-corrected chi connectivity index (χ2v) is 12.5. The first kappa shape index (κ1) is 30.9. The summed E-state index contributed by atoms with van der Waals surface area (Å²) < 4.78 is 38.7. The first-order chi connectivity index (χ1) is 20.5. The minimum atomic E-state index is -4.34. The van der Waals surface area contributed by atoms with Crippen LogP contribution in [0.4, 0.5) is 5.82 Å². The van der Waals surface area contributed by atoms with Crippen molar-refractivity contribution in [3.8, 4) is 11.8 Å². The van der Waals surface area contributed by atoms with Gasteiger partial charge in [0.2, 0.25) is 5.60 Å². The van der Waals surface area contributed by atoms with E-state index in [1.807, 2.05) is 19.9 Å². The van der Waals surface area contributed by atoms with Crippen LogP contribution >= 0.6 is 7.75 Å². The van der Waals surface area contributed by atoms with E-state index in [0.29, 0.717) is 5.52 Å². The number of nitrogens with two attached hydrogens (primary N) is 1. The Balaban J connectivity index is 1.39. The standard InChI is InChI=1S/C28H35N6O8P/c1-4-18(5-2)14-39-26(37)17(3)33-43(38,40-19-9-7-6-8-10-19)41-22-13-27(22)23(35)24(36)28(15-29,42-27)21-12-11-20-25(30)31-16-32-34(20)21/h6-12,16-18,22-24,35-36H,4-5,13-14H2,1-3H3,(H,33,38)(H2,30,31,32)/t17-,22-,23-,24+,27-,28-,43+/m0/s1. The van der Waals surface area contributed by atoms with E-state index in [-0.39, 0.29) is 36.2 Å². The van der Waals surface area contributed by atoms with Gasteiger partial charge in [-0.3, -0.25) is 9.32 Å². The molecule has 1 aliphatic carbocycles. The van der Waals surface area contributed by atoms with Crippen molar-refractivity contribution >= 4 is 25.1 Å². The summed E-state index contributed by atoms with van der Waals surface area (Å²) in [5, 5.41) is 39.4. The van der Waals surface area contributed by atoms with E-state index < -0.39 is 49.3 Å². The van der Waals surface area contributed by atoms with Crippen molar-refractivity contribution in [3.05, 3.63) is 54.5 Å². The van der Waals surface area contributed by atoms with E-state index in [1.54, 1.807) is 36.4 Å². The highest BCUT2D eigenvalue weighted by Crippen LogP contribution is 2.62. The Morgan fingerprint density at radius 2 is 1.98 bits per heavy atom. The number of carbonyl (C=O) groups is 1. The number of nitriles is 1. The van der Waals surface area contributed by atoms with E-state index >= 15 is 0 Å². The summed E-state index contributed by atoms with van der Waals surface area (Å²) in [4.78, 5) is 16.7. The number of carbonyl (C=O) groups excluding carboxylic acids is 1. The summed E-state index contributed by atoms with van der Waals surface area (Å²) in [6, 6.07) is 12.2. The Labute approximate surface area is 248 Å². The fraction of sp³-hybridized carbons (Fsp3) is 0.500. The smallest absolute Gasteiger partial charge is 0.459 e. The first-order valence-electron chi connectivity index (χ1n) is 14.1. The number of para-hydroxylation sites is 1. The van der Waals surface area contributed by atoms with Crippen molar-refractivity contribution in [3.63, 3.8) is 0 Å². The van der Waals surface area contributed by atoms with Gasteiger partial charge in [-0.1, -0.05) is 44.9 Å². The predicted molar refractivity (Wildman–Crippen MR) is 152 cm³/mol. The first-order valence-corrected chi connectivity index (χ1v) is 15.6. The average Bonchev–Trinajstić information content (AvgIpc) is 3.37. The molecule has 1 spiro atoms. The second kappa shape index (κ2) is 11.8. The fourth-order valence-electron chi connectivity index (χ4n) is 5.28. The van der Waals surface area contributed by atoms with Crippen molar-refractivity contribution in [2.24, 2.45) is 5.92 Å². The van der Waals surface area contributed by atoms with Gasteiger partial charge in [-0.15, -0.1) is 0 Å². The second-order valence-electron chi connectivity index (χ2n) is 10.8. The number of esters is 1. The van der Waals surface area contributed by atoms with Gasteiger partial charge in [-0.25, -0.2) is 14.1 Å². The number of nitrogens with one attached hydrogen (secondary N) is 1.